The molecule has 1 aliphatic carbocycles. The zero-order valence-electron chi connectivity index (χ0n) is 9.06. The Hall–Kier alpha value is -1.51. The predicted octanol–water partition coefficient (Wildman–Crippen LogP) is 2.64. The highest BCUT2D eigenvalue weighted by molar-refractivity contribution is 5.69. The molecule has 3 nitrogen and oxygen atoms in total. The molecule has 1 saturated heterocycles. The molecule has 1 heterocycles. The van der Waals surface area contributed by atoms with Crippen LogP contribution in [0.1, 0.15) is 30.9 Å². The van der Waals surface area contributed by atoms with Crippen molar-refractivity contribution >= 4 is 6.09 Å². The summed E-state index contributed by atoms with van der Waals surface area (Å²) in [6.45, 7) is 0. The number of rotatable bonds is 1. The summed E-state index contributed by atoms with van der Waals surface area (Å²) in [4.78, 5) is 11.5. The minimum absolute atomic E-state index is 0.124. The van der Waals surface area contributed by atoms with E-state index in [0.717, 1.165) is 19.3 Å². The van der Waals surface area contributed by atoms with Crippen LogP contribution in [-0.4, -0.2) is 12.2 Å². The Bertz CT molecular complexity index is 390. The van der Waals surface area contributed by atoms with Crippen LogP contribution >= 0.6 is 0 Å². The number of alkyl carbamates (subject to hydrolysis) is 1. The summed E-state index contributed by atoms with van der Waals surface area (Å²) in [6, 6.07) is 10.3. The van der Waals surface area contributed by atoms with E-state index in [2.05, 4.69) is 17.4 Å². The lowest BCUT2D eigenvalue weighted by Crippen LogP contribution is -2.45. The molecule has 3 atom stereocenters. The molecule has 16 heavy (non-hydrogen) atoms. The number of benzene rings is 1. The first-order chi connectivity index (χ1) is 7.84. The molecule has 1 amide bonds. The second-order valence-electron chi connectivity index (χ2n) is 4.57. The fourth-order valence-corrected chi connectivity index (χ4v) is 2.88. The van der Waals surface area contributed by atoms with Gasteiger partial charge in [-0.2, -0.15) is 0 Å². The van der Waals surface area contributed by atoms with Crippen molar-refractivity contribution < 1.29 is 9.53 Å². The van der Waals surface area contributed by atoms with E-state index >= 15 is 0 Å². The van der Waals surface area contributed by atoms with Crippen LogP contribution < -0.4 is 5.32 Å². The molecule has 3 unspecified atom stereocenters. The van der Waals surface area contributed by atoms with E-state index in [4.69, 9.17) is 4.74 Å². The van der Waals surface area contributed by atoms with E-state index in [1.165, 1.54) is 5.56 Å². The highest BCUT2D eigenvalue weighted by Gasteiger charge is 2.41. The third-order valence-electron chi connectivity index (χ3n) is 3.62. The predicted molar refractivity (Wildman–Crippen MR) is 59.9 cm³/mol. The van der Waals surface area contributed by atoms with Gasteiger partial charge < -0.3 is 10.1 Å². The molecule has 2 aliphatic rings. The molecular weight excluding hydrogens is 202 g/mol. The molecule has 2 fully saturated rings. The molecule has 0 radical (unpaired) electrons. The summed E-state index contributed by atoms with van der Waals surface area (Å²) in [5.41, 5.74) is 1.19. The standard InChI is InChI=1S/C13H15NO2/c15-13-14-12(9-5-2-1-3-6-9)10-7-4-8-11(10)16-13/h1-3,5-6,10-12H,4,7-8H2,(H,14,15). The average Bonchev–Trinajstić information content (AvgIpc) is 2.77. The van der Waals surface area contributed by atoms with E-state index in [1.807, 2.05) is 18.2 Å². The topological polar surface area (TPSA) is 38.3 Å². The second kappa shape index (κ2) is 3.81. The van der Waals surface area contributed by atoms with Crippen molar-refractivity contribution in [1.29, 1.82) is 0 Å². The fourth-order valence-electron chi connectivity index (χ4n) is 2.88. The molecular formula is C13H15NO2. The van der Waals surface area contributed by atoms with Gasteiger partial charge in [-0.25, -0.2) is 4.79 Å². The van der Waals surface area contributed by atoms with E-state index in [9.17, 15) is 4.79 Å². The van der Waals surface area contributed by atoms with Crippen molar-refractivity contribution in [2.75, 3.05) is 0 Å². The van der Waals surface area contributed by atoms with Crippen LogP contribution in [0.5, 0.6) is 0 Å². The molecule has 3 rings (SSSR count). The van der Waals surface area contributed by atoms with Crippen LogP contribution in [0, 0.1) is 5.92 Å². The third-order valence-corrected chi connectivity index (χ3v) is 3.62. The molecule has 0 bridgehead atoms. The Morgan fingerprint density at radius 3 is 2.81 bits per heavy atom. The Labute approximate surface area is 94.8 Å². The number of fused-ring (bicyclic) bond motifs is 1. The lowest BCUT2D eigenvalue weighted by Gasteiger charge is -2.34. The number of amides is 1. The maximum absolute atomic E-state index is 11.5. The summed E-state index contributed by atoms with van der Waals surface area (Å²) < 4.78 is 5.31. The van der Waals surface area contributed by atoms with E-state index in [1.54, 1.807) is 0 Å². The van der Waals surface area contributed by atoms with Crippen LogP contribution in [-0.2, 0) is 4.74 Å². The van der Waals surface area contributed by atoms with Crippen LogP contribution in [0.25, 0.3) is 0 Å². The number of nitrogens with one attached hydrogen (secondary N) is 1. The maximum Gasteiger partial charge on any atom is 0.407 e. The first kappa shape index (κ1) is 9.70. The van der Waals surface area contributed by atoms with Gasteiger partial charge in [0.05, 0.1) is 6.04 Å². The summed E-state index contributed by atoms with van der Waals surface area (Å²) >= 11 is 0. The Kier molecular flexibility index (Phi) is 2.31. The van der Waals surface area contributed by atoms with E-state index in [-0.39, 0.29) is 18.2 Å². The molecule has 1 saturated carbocycles. The summed E-state index contributed by atoms with van der Waals surface area (Å²) in [7, 11) is 0. The highest BCUT2D eigenvalue weighted by atomic mass is 16.6. The molecule has 0 spiro atoms. The van der Waals surface area contributed by atoms with Crippen molar-refractivity contribution in [3.63, 3.8) is 0 Å². The van der Waals surface area contributed by atoms with Gasteiger partial charge in [0.2, 0.25) is 0 Å². The maximum atomic E-state index is 11.5. The molecule has 1 aliphatic heterocycles. The fraction of sp³-hybridized carbons (Fsp3) is 0.462. The number of hydrogen-bond acceptors (Lipinski definition) is 2. The molecule has 84 valence electrons. The Morgan fingerprint density at radius 1 is 1.19 bits per heavy atom. The number of carbonyl (C=O) groups excluding carboxylic acids is 1. The van der Waals surface area contributed by atoms with E-state index < -0.39 is 0 Å². The highest BCUT2D eigenvalue weighted by Crippen LogP contribution is 2.40. The van der Waals surface area contributed by atoms with Crippen molar-refractivity contribution in [3.8, 4) is 0 Å². The van der Waals surface area contributed by atoms with Gasteiger partial charge in [-0.05, 0) is 24.8 Å². The Balaban J connectivity index is 1.90. The van der Waals surface area contributed by atoms with Gasteiger partial charge in [0, 0.05) is 5.92 Å². The molecule has 1 N–H and O–H groups in total. The zero-order chi connectivity index (χ0) is 11.0. The van der Waals surface area contributed by atoms with Gasteiger partial charge in [0.1, 0.15) is 6.10 Å². The van der Waals surface area contributed by atoms with Gasteiger partial charge in [0.15, 0.2) is 0 Å². The van der Waals surface area contributed by atoms with Crippen molar-refractivity contribution in [3.05, 3.63) is 35.9 Å². The lowest BCUT2D eigenvalue weighted by molar-refractivity contribution is 0.0316. The van der Waals surface area contributed by atoms with Gasteiger partial charge in [-0.15, -0.1) is 0 Å². The quantitative estimate of drug-likeness (QED) is 0.785. The summed E-state index contributed by atoms with van der Waals surface area (Å²) in [5, 5.41) is 2.94. The third kappa shape index (κ3) is 1.56. The Morgan fingerprint density at radius 2 is 2.00 bits per heavy atom. The number of hydrogen-bond donors (Lipinski definition) is 1. The van der Waals surface area contributed by atoms with Crippen molar-refractivity contribution in [2.45, 2.75) is 31.4 Å². The van der Waals surface area contributed by atoms with Crippen LogP contribution in [0.2, 0.25) is 0 Å². The number of ether oxygens (including phenoxy) is 1. The van der Waals surface area contributed by atoms with Crippen molar-refractivity contribution in [2.24, 2.45) is 5.92 Å². The average molecular weight is 217 g/mol. The largest absolute Gasteiger partial charge is 0.446 e. The van der Waals surface area contributed by atoms with Crippen LogP contribution in [0.15, 0.2) is 30.3 Å². The van der Waals surface area contributed by atoms with Gasteiger partial charge in [-0.3, -0.25) is 0 Å². The lowest BCUT2D eigenvalue weighted by atomic mass is 9.89. The monoisotopic (exact) mass is 217 g/mol. The smallest absolute Gasteiger partial charge is 0.407 e. The van der Waals surface area contributed by atoms with Crippen molar-refractivity contribution in [1.82, 2.24) is 5.32 Å². The van der Waals surface area contributed by atoms with Crippen LogP contribution in [0.3, 0.4) is 0 Å². The molecule has 3 heteroatoms. The minimum Gasteiger partial charge on any atom is -0.446 e. The van der Waals surface area contributed by atoms with Gasteiger partial charge in [0.25, 0.3) is 0 Å². The zero-order valence-corrected chi connectivity index (χ0v) is 9.06. The van der Waals surface area contributed by atoms with E-state index in [0.29, 0.717) is 5.92 Å². The van der Waals surface area contributed by atoms with Crippen LogP contribution in [0.4, 0.5) is 4.79 Å². The van der Waals surface area contributed by atoms with Gasteiger partial charge in [-0.1, -0.05) is 30.3 Å². The summed E-state index contributed by atoms with van der Waals surface area (Å²) in [5.74, 6) is 0.445. The van der Waals surface area contributed by atoms with Gasteiger partial charge >= 0.3 is 6.09 Å². The minimum atomic E-state index is -0.267. The SMILES string of the molecule is O=C1NC(c2ccccc2)C2CCCC2O1. The molecule has 1 aromatic carbocycles. The molecule has 0 aromatic heterocycles. The molecule has 1 aromatic rings. The first-order valence-corrected chi connectivity index (χ1v) is 5.87. The summed E-state index contributed by atoms with van der Waals surface area (Å²) in [6.07, 6.45) is 3.18. The normalized spacial score (nSPS) is 32.8. The second-order valence-corrected chi connectivity index (χ2v) is 4.57. The first-order valence-electron chi connectivity index (χ1n) is 5.87. The number of carbonyl (C=O) groups is 1.